The molecule has 0 aliphatic heterocycles. The maximum absolute atomic E-state index is 12.3. The van der Waals surface area contributed by atoms with E-state index in [0.717, 1.165) is 17.1 Å². The lowest BCUT2D eigenvalue weighted by atomic mass is 10.2. The summed E-state index contributed by atoms with van der Waals surface area (Å²) in [6.45, 7) is 6.17. The van der Waals surface area contributed by atoms with Crippen LogP contribution in [0, 0.1) is 13.8 Å². The average molecular weight is 354 g/mol. The van der Waals surface area contributed by atoms with Gasteiger partial charge in [0, 0.05) is 17.1 Å². The molecule has 8 nitrogen and oxygen atoms in total. The molecule has 2 aromatic heterocycles. The van der Waals surface area contributed by atoms with Crippen molar-refractivity contribution in [2.24, 2.45) is 0 Å². The SMILES string of the molecule is CCC(O)Cn1cc(C(=O)Nc2ccc(-n3cnc(C)c3C)cc2)nn1. The van der Waals surface area contributed by atoms with E-state index in [1.54, 1.807) is 6.33 Å². The fraction of sp³-hybridized carbons (Fsp3) is 0.333. The molecule has 26 heavy (non-hydrogen) atoms. The second kappa shape index (κ2) is 7.49. The lowest BCUT2D eigenvalue weighted by Crippen LogP contribution is -2.15. The van der Waals surface area contributed by atoms with Crippen molar-refractivity contribution in [3.8, 4) is 5.69 Å². The molecule has 1 atom stereocenters. The van der Waals surface area contributed by atoms with E-state index < -0.39 is 6.10 Å². The smallest absolute Gasteiger partial charge is 0.277 e. The number of nitrogens with one attached hydrogen (secondary N) is 1. The summed E-state index contributed by atoms with van der Waals surface area (Å²) in [7, 11) is 0. The van der Waals surface area contributed by atoms with Gasteiger partial charge in [0.05, 0.1) is 30.9 Å². The lowest BCUT2D eigenvalue weighted by molar-refractivity contribution is 0.102. The number of imidazole rings is 1. The fourth-order valence-electron chi connectivity index (χ4n) is 2.50. The number of aliphatic hydroxyl groups is 1. The van der Waals surface area contributed by atoms with Gasteiger partial charge in [0.15, 0.2) is 5.69 Å². The number of anilines is 1. The zero-order valence-corrected chi connectivity index (χ0v) is 15.0. The van der Waals surface area contributed by atoms with Crippen LogP contribution in [0.4, 0.5) is 5.69 Å². The molecular weight excluding hydrogens is 332 g/mol. The van der Waals surface area contributed by atoms with Gasteiger partial charge >= 0.3 is 0 Å². The standard InChI is InChI=1S/C18H22N6O2/c1-4-16(25)9-23-10-17(21-22-23)18(26)20-14-5-7-15(8-6-14)24-11-19-12(2)13(24)3/h5-8,10-11,16,25H,4,9H2,1-3H3,(H,20,26). The van der Waals surface area contributed by atoms with Gasteiger partial charge in [-0.3, -0.25) is 4.79 Å². The Morgan fingerprint density at radius 1 is 1.27 bits per heavy atom. The first kappa shape index (κ1) is 17.8. The number of nitrogens with zero attached hydrogens (tertiary/aromatic N) is 5. The molecule has 0 fully saturated rings. The Labute approximate surface area is 151 Å². The van der Waals surface area contributed by atoms with Crippen LogP contribution in [0.3, 0.4) is 0 Å². The molecule has 1 amide bonds. The van der Waals surface area contributed by atoms with Crippen molar-refractivity contribution in [2.75, 3.05) is 5.32 Å². The first-order chi connectivity index (χ1) is 12.5. The van der Waals surface area contributed by atoms with Gasteiger partial charge in [0.2, 0.25) is 0 Å². The summed E-state index contributed by atoms with van der Waals surface area (Å²) in [4.78, 5) is 16.6. The fourth-order valence-corrected chi connectivity index (χ4v) is 2.50. The van der Waals surface area contributed by atoms with Crippen LogP contribution in [0.2, 0.25) is 0 Å². The van der Waals surface area contributed by atoms with Crippen LogP contribution in [0.25, 0.3) is 5.69 Å². The van der Waals surface area contributed by atoms with Crippen molar-refractivity contribution in [2.45, 2.75) is 39.8 Å². The van der Waals surface area contributed by atoms with E-state index in [0.29, 0.717) is 18.7 Å². The highest BCUT2D eigenvalue weighted by molar-refractivity contribution is 6.02. The van der Waals surface area contributed by atoms with Gasteiger partial charge in [-0.1, -0.05) is 12.1 Å². The Kier molecular flexibility index (Phi) is 5.13. The third-order valence-electron chi connectivity index (χ3n) is 4.30. The maximum atomic E-state index is 12.3. The van der Waals surface area contributed by atoms with Crippen molar-refractivity contribution in [1.82, 2.24) is 24.5 Å². The first-order valence-corrected chi connectivity index (χ1v) is 8.48. The maximum Gasteiger partial charge on any atom is 0.277 e. The number of benzene rings is 1. The zero-order chi connectivity index (χ0) is 18.7. The second-order valence-corrected chi connectivity index (χ2v) is 6.17. The van der Waals surface area contributed by atoms with E-state index >= 15 is 0 Å². The van der Waals surface area contributed by atoms with Crippen LogP contribution >= 0.6 is 0 Å². The van der Waals surface area contributed by atoms with E-state index in [9.17, 15) is 9.90 Å². The molecule has 8 heteroatoms. The van der Waals surface area contributed by atoms with Crippen molar-refractivity contribution >= 4 is 11.6 Å². The minimum absolute atomic E-state index is 0.207. The van der Waals surface area contributed by atoms with Crippen LogP contribution in [-0.4, -0.2) is 41.7 Å². The predicted molar refractivity (Wildman–Crippen MR) is 97.3 cm³/mol. The summed E-state index contributed by atoms with van der Waals surface area (Å²) in [5.74, 6) is -0.343. The monoisotopic (exact) mass is 354 g/mol. The molecule has 0 spiro atoms. The minimum Gasteiger partial charge on any atom is -0.391 e. The van der Waals surface area contributed by atoms with Gasteiger partial charge in [-0.25, -0.2) is 9.67 Å². The van der Waals surface area contributed by atoms with Gasteiger partial charge < -0.3 is 15.0 Å². The molecule has 3 rings (SSSR count). The number of hydrogen-bond acceptors (Lipinski definition) is 5. The van der Waals surface area contributed by atoms with Crippen LogP contribution < -0.4 is 5.32 Å². The summed E-state index contributed by atoms with van der Waals surface area (Å²) in [6.07, 6.45) is 3.42. The third-order valence-corrected chi connectivity index (χ3v) is 4.30. The molecule has 2 heterocycles. The predicted octanol–water partition coefficient (Wildman–Crippen LogP) is 2.10. The van der Waals surface area contributed by atoms with E-state index in [1.165, 1.54) is 10.9 Å². The summed E-state index contributed by atoms with van der Waals surface area (Å²) in [6, 6.07) is 7.48. The molecule has 0 bridgehead atoms. The third kappa shape index (κ3) is 3.80. The molecule has 0 aliphatic rings. The van der Waals surface area contributed by atoms with Crippen molar-refractivity contribution in [1.29, 1.82) is 0 Å². The van der Waals surface area contributed by atoms with Crippen LogP contribution in [0.5, 0.6) is 0 Å². The summed E-state index contributed by atoms with van der Waals surface area (Å²) in [5.41, 5.74) is 3.90. The van der Waals surface area contributed by atoms with Crippen LogP contribution in [0.15, 0.2) is 36.8 Å². The number of carbonyl (C=O) groups excluding carboxylic acids is 1. The van der Waals surface area contributed by atoms with E-state index in [2.05, 4.69) is 20.6 Å². The van der Waals surface area contributed by atoms with Gasteiger partial charge in [0.1, 0.15) is 0 Å². The van der Waals surface area contributed by atoms with Gasteiger partial charge in [-0.2, -0.15) is 0 Å². The number of hydrogen-bond donors (Lipinski definition) is 2. The topological polar surface area (TPSA) is 97.9 Å². The molecule has 1 aromatic carbocycles. The largest absolute Gasteiger partial charge is 0.391 e. The average Bonchev–Trinajstić information content (AvgIpc) is 3.23. The molecule has 0 saturated heterocycles. The molecule has 0 radical (unpaired) electrons. The molecule has 1 unspecified atom stereocenters. The Morgan fingerprint density at radius 3 is 2.62 bits per heavy atom. The quantitative estimate of drug-likeness (QED) is 0.706. The molecule has 2 N–H and O–H groups in total. The Morgan fingerprint density at radius 2 is 2.00 bits per heavy atom. The Hall–Kier alpha value is -3.00. The molecule has 3 aromatic rings. The number of aryl methyl sites for hydroxylation is 1. The summed E-state index contributed by atoms with van der Waals surface area (Å²) >= 11 is 0. The number of carbonyl (C=O) groups is 1. The number of amides is 1. The summed E-state index contributed by atoms with van der Waals surface area (Å²) in [5, 5.41) is 20.2. The number of aromatic nitrogens is 5. The highest BCUT2D eigenvalue weighted by atomic mass is 16.3. The number of aliphatic hydroxyl groups excluding tert-OH is 1. The highest BCUT2D eigenvalue weighted by Crippen LogP contribution is 2.17. The lowest BCUT2D eigenvalue weighted by Gasteiger charge is -2.08. The van der Waals surface area contributed by atoms with Crippen LogP contribution in [-0.2, 0) is 6.54 Å². The molecule has 0 saturated carbocycles. The van der Waals surface area contributed by atoms with Crippen molar-refractivity contribution in [3.63, 3.8) is 0 Å². The Bertz CT molecular complexity index is 897. The van der Waals surface area contributed by atoms with E-state index in [1.807, 2.05) is 49.6 Å². The Balaban J connectivity index is 1.67. The van der Waals surface area contributed by atoms with Gasteiger partial charge in [0.25, 0.3) is 5.91 Å². The van der Waals surface area contributed by atoms with Gasteiger partial charge in [-0.15, -0.1) is 5.10 Å². The van der Waals surface area contributed by atoms with Crippen molar-refractivity contribution in [3.05, 3.63) is 53.9 Å². The molecule has 0 aliphatic carbocycles. The highest BCUT2D eigenvalue weighted by Gasteiger charge is 2.13. The minimum atomic E-state index is -0.504. The summed E-state index contributed by atoms with van der Waals surface area (Å²) < 4.78 is 3.46. The zero-order valence-electron chi connectivity index (χ0n) is 15.0. The second-order valence-electron chi connectivity index (χ2n) is 6.17. The first-order valence-electron chi connectivity index (χ1n) is 8.48. The van der Waals surface area contributed by atoms with E-state index in [4.69, 9.17) is 0 Å². The van der Waals surface area contributed by atoms with Crippen LogP contribution in [0.1, 0.15) is 35.2 Å². The normalized spacial score (nSPS) is 12.2. The van der Waals surface area contributed by atoms with Gasteiger partial charge in [-0.05, 0) is 44.5 Å². The van der Waals surface area contributed by atoms with Crippen molar-refractivity contribution < 1.29 is 9.90 Å². The number of rotatable bonds is 6. The van der Waals surface area contributed by atoms with E-state index in [-0.39, 0.29) is 11.6 Å². The molecular formula is C18H22N6O2. The molecule has 136 valence electrons.